The van der Waals surface area contributed by atoms with E-state index in [2.05, 4.69) is 27.0 Å². The number of rotatable bonds is 1. The molecule has 1 aromatic heterocycles. The summed E-state index contributed by atoms with van der Waals surface area (Å²) in [5.74, 6) is -0.148. The summed E-state index contributed by atoms with van der Waals surface area (Å²) >= 11 is 3.32. The minimum absolute atomic E-state index is 0.148. The summed E-state index contributed by atoms with van der Waals surface area (Å²) in [5, 5.41) is 8.60. The molecule has 0 aromatic carbocycles. The maximum absolute atomic E-state index is 8.60. The maximum Gasteiger partial charge on any atom is 0.0868 e. The second-order valence-electron chi connectivity index (χ2n) is 2.22. The Morgan fingerprint density at radius 1 is 1.73 bits per heavy atom. The van der Waals surface area contributed by atoms with E-state index in [1.54, 1.807) is 6.20 Å². The van der Waals surface area contributed by atoms with E-state index in [1.807, 2.05) is 19.1 Å². The van der Waals surface area contributed by atoms with Crippen molar-refractivity contribution in [3.05, 3.63) is 28.5 Å². The van der Waals surface area contributed by atoms with Gasteiger partial charge >= 0.3 is 0 Å². The molecule has 0 fully saturated rings. The summed E-state index contributed by atoms with van der Waals surface area (Å²) < 4.78 is 0.897. The Labute approximate surface area is 74.0 Å². The lowest BCUT2D eigenvalue weighted by Gasteiger charge is -2.02. The van der Waals surface area contributed by atoms with Gasteiger partial charge in [0.05, 0.1) is 17.7 Å². The monoisotopic (exact) mass is 210 g/mol. The Kier molecular flexibility index (Phi) is 2.61. The van der Waals surface area contributed by atoms with E-state index in [9.17, 15) is 0 Å². The molecule has 1 aromatic rings. The zero-order valence-corrected chi connectivity index (χ0v) is 7.67. The Balaban J connectivity index is 3.05. The smallest absolute Gasteiger partial charge is 0.0868 e. The molecule has 56 valence electrons. The molecule has 0 saturated heterocycles. The van der Waals surface area contributed by atoms with Gasteiger partial charge < -0.3 is 0 Å². The number of pyridine rings is 1. The van der Waals surface area contributed by atoms with Crippen LogP contribution in [0.2, 0.25) is 0 Å². The molecule has 3 heteroatoms. The number of nitriles is 1. The minimum Gasteiger partial charge on any atom is -0.259 e. The topological polar surface area (TPSA) is 36.7 Å². The van der Waals surface area contributed by atoms with Crippen LogP contribution in [0.1, 0.15) is 18.5 Å². The highest BCUT2D eigenvalue weighted by atomic mass is 79.9. The number of aromatic nitrogens is 1. The van der Waals surface area contributed by atoms with Crippen molar-refractivity contribution in [3.8, 4) is 6.07 Å². The predicted octanol–water partition coefficient (Wildman–Crippen LogP) is 2.47. The van der Waals surface area contributed by atoms with E-state index < -0.39 is 0 Å². The van der Waals surface area contributed by atoms with Crippen LogP contribution in [0.15, 0.2) is 22.8 Å². The molecule has 1 unspecified atom stereocenters. The van der Waals surface area contributed by atoms with Crippen LogP contribution in [-0.2, 0) is 0 Å². The summed E-state index contributed by atoms with van der Waals surface area (Å²) in [7, 11) is 0. The predicted molar refractivity (Wildman–Crippen MR) is 46.0 cm³/mol. The van der Waals surface area contributed by atoms with Crippen LogP contribution < -0.4 is 0 Å². The number of nitrogens with zero attached hydrogens (tertiary/aromatic N) is 2. The van der Waals surface area contributed by atoms with Crippen molar-refractivity contribution in [2.45, 2.75) is 12.8 Å². The van der Waals surface area contributed by atoms with Gasteiger partial charge in [-0.2, -0.15) is 5.26 Å². The molecule has 0 N–H and O–H groups in total. The van der Waals surface area contributed by atoms with Crippen molar-refractivity contribution < 1.29 is 0 Å². The van der Waals surface area contributed by atoms with Crippen LogP contribution in [0, 0.1) is 11.3 Å². The first-order chi connectivity index (χ1) is 5.25. The molecule has 0 amide bonds. The molecule has 2 nitrogen and oxygen atoms in total. The summed E-state index contributed by atoms with van der Waals surface area (Å²) in [5.41, 5.74) is 0.801. The molecule has 0 bridgehead atoms. The van der Waals surface area contributed by atoms with E-state index in [1.165, 1.54) is 0 Å². The lowest BCUT2D eigenvalue weighted by molar-refractivity contribution is 0.911. The van der Waals surface area contributed by atoms with Crippen LogP contribution in [0.25, 0.3) is 0 Å². The van der Waals surface area contributed by atoms with Gasteiger partial charge in [0.2, 0.25) is 0 Å². The molecular formula is C8H7BrN2. The molecule has 1 heterocycles. The first-order valence-electron chi connectivity index (χ1n) is 3.25. The Morgan fingerprint density at radius 3 is 3.00 bits per heavy atom. The number of halogens is 1. The van der Waals surface area contributed by atoms with E-state index in [4.69, 9.17) is 5.26 Å². The lowest BCUT2D eigenvalue weighted by atomic mass is 10.1. The third-order valence-corrected chi connectivity index (χ3v) is 2.06. The van der Waals surface area contributed by atoms with Crippen LogP contribution in [-0.4, -0.2) is 4.98 Å². The zero-order chi connectivity index (χ0) is 8.27. The van der Waals surface area contributed by atoms with Gasteiger partial charge in [-0.3, -0.25) is 4.98 Å². The Morgan fingerprint density at radius 2 is 2.45 bits per heavy atom. The third kappa shape index (κ3) is 1.78. The van der Waals surface area contributed by atoms with Gasteiger partial charge in [0.25, 0.3) is 0 Å². The quantitative estimate of drug-likeness (QED) is 0.715. The van der Waals surface area contributed by atoms with Crippen LogP contribution in [0.5, 0.6) is 0 Å². The summed E-state index contributed by atoms with van der Waals surface area (Å²) in [4.78, 5) is 4.08. The molecule has 0 saturated carbocycles. The summed E-state index contributed by atoms with van der Waals surface area (Å²) in [6.07, 6.45) is 1.69. The first kappa shape index (κ1) is 8.22. The van der Waals surface area contributed by atoms with Crippen molar-refractivity contribution >= 4 is 15.9 Å². The number of hydrogen-bond donors (Lipinski definition) is 0. The van der Waals surface area contributed by atoms with Gasteiger partial charge in [-0.15, -0.1) is 0 Å². The van der Waals surface area contributed by atoms with Crippen molar-refractivity contribution in [1.82, 2.24) is 4.98 Å². The zero-order valence-electron chi connectivity index (χ0n) is 6.08. The van der Waals surface area contributed by atoms with Gasteiger partial charge in [-0.1, -0.05) is 0 Å². The molecule has 1 rings (SSSR count). The fraction of sp³-hybridized carbons (Fsp3) is 0.250. The second-order valence-corrected chi connectivity index (χ2v) is 3.08. The average Bonchev–Trinajstić information content (AvgIpc) is 2.04. The molecule has 0 aliphatic heterocycles. The maximum atomic E-state index is 8.60. The lowest BCUT2D eigenvalue weighted by Crippen LogP contribution is -1.94. The molecule has 0 aliphatic rings. The van der Waals surface area contributed by atoms with E-state index >= 15 is 0 Å². The van der Waals surface area contributed by atoms with Crippen LogP contribution in [0.4, 0.5) is 0 Å². The molecule has 11 heavy (non-hydrogen) atoms. The SMILES string of the molecule is CC(C#N)c1ncccc1Br. The standard InChI is InChI=1S/C8H7BrN2/c1-6(5-10)8-7(9)3-2-4-11-8/h2-4,6H,1H3. The van der Waals surface area contributed by atoms with Gasteiger partial charge in [-0.25, -0.2) is 0 Å². The highest BCUT2D eigenvalue weighted by molar-refractivity contribution is 9.10. The molecule has 0 spiro atoms. The first-order valence-corrected chi connectivity index (χ1v) is 4.05. The third-order valence-electron chi connectivity index (χ3n) is 1.39. The fourth-order valence-corrected chi connectivity index (χ4v) is 1.38. The van der Waals surface area contributed by atoms with Crippen molar-refractivity contribution in [2.24, 2.45) is 0 Å². The summed E-state index contributed by atoms with van der Waals surface area (Å²) in [6, 6.07) is 5.85. The van der Waals surface area contributed by atoms with E-state index in [0.29, 0.717) is 0 Å². The van der Waals surface area contributed by atoms with E-state index in [0.717, 1.165) is 10.2 Å². The molecule has 0 radical (unpaired) electrons. The Hall–Kier alpha value is -0.880. The molecule has 1 atom stereocenters. The van der Waals surface area contributed by atoms with Crippen molar-refractivity contribution in [3.63, 3.8) is 0 Å². The number of hydrogen-bond acceptors (Lipinski definition) is 2. The van der Waals surface area contributed by atoms with Gasteiger partial charge in [0, 0.05) is 10.7 Å². The van der Waals surface area contributed by atoms with Gasteiger partial charge in [-0.05, 0) is 35.0 Å². The fourth-order valence-electron chi connectivity index (χ4n) is 0.778. The largest absolute Gasteiger partial charge is 0.259 e. The molecular weight excluding hydrogens is 204 g/mol. The molecule has 0 aliphatic carbocycles. The average molecular weight is 211 g/mol. The van der Waals surface area contributed by atoms with E-state index in [-0.39, 0.29) is 5.92 Å². The van der Waals surface area contributed by atoms with Crippen LogP contribution in [0.3, 0.4) is 0 Å². The van der Waals surface area contributed by atoms with Gasteiger partial charge in [0.1, 0.15) is 0 Å². The van der Waals surface area contributed by atoms with Crippen LogP contribution >= 0.6 is 15.9 Å². The van der Waals surface area contributed by atoms with Crippen molar-refractivity contribution in [1.29, 1.82) is 5.26 Å². The Bertz CT molecular complexity index is 290. The summed E-state index contributed by atoms with van der Waals surface area (Å²) in [6.45, 7) is 1.83. The highest BCUT2D eigenvalue weighted by Gasteiger charge is 2.07. The van der Waals surface area contributed by atoms with Crippen molar-refractivity contribution in [2.75, 3.05) is 0 Å². The minimum atomic E-state index is -0.148. The normalized spacial score (nSPS) is 12.1. The van der Waals surface area contributed by atoms with Gasteiger partial charge in [0.15, 0.2) is 0 Å². The second kappa shape index (κ2) is 3.49. The highest BCUT2D eigenvalue weighted by Crippen LogP contribution is 2.20.